The van der Waals surface area contributed by atoms with Crippen LogP contribution < -0.4 is 10.5 Å². The van der Waals surface area contributed by atoms with Crippen molar-refractivity contribution in [1.29, 1.82) is 0 Å². The smallest absolute Gasteiger partial charge is 0.309 e. The van der Waals surface area contributed by atoms with E-state index in [1.807, 2.05) is 0 Å². The number of nitrogens with zero attached hydrogens (tertiary/aromatic N) is 2. The summed E-state index contributed by atoms with van der Waals surface area (Å²) in [4.78, 5) is 23.0. The minimum Gasteiger partial charge on any atom is -0.618 e. The molecule has 3 N–H and O–H groups in total. The lowest BCUT2D eigenvalue weighted by molar-refractivity contribution is -0.405. The summed E-state index contributed by atoms with van der Waals surface area (Å²) < 4.78 is 29.7. The van der Waals surface area contributed by atoms with E-state index in [1.54, 1.807) is 19.1 Å². The monoisotopic (exact) mass is 405 g/mol. The van der Waals surface area contributed by atoms with Crippen molar-refractivity contribution in [3.63, 3.8) is 0 Å². The van der Waals surface area contributed by atoms with E-state index in [2.05, 4.69) is 6.58 Å². The van der Waals surface area contributed by atoms with E-state index in [9.17, 15) is 23.6 Å². The van der Waals surface area contributed by atoms with Crippen LogP contribution in [0.1, 0.15) is 30.0 Å². The molecule has 28 heavy (non-hydrogen) atoms. The van der Waals surface area contributed by atoms with Crippen LogP contribution >= 0.6 is 0 Å². The Labute approximate surface area is 163 Å². The Bertz CT molecular complexity index is 1020. The van der Waals surface area contributed by atoms with Gasteiger partial charge in [0.2, 0.25) is 18.0 Å². The van der Waals surface area contributed by atoms with Gasteiger partial charge in [-0.1, -0.05) is 12.7 Å². The van der Waals surface area contributed by atoms with Gasteiger partial charge in [0, 0.05) is 24.1 Å². The Balaban J connectivity index is 2.20. The Morgan fingerprint density at radius 2 is 2.14 bits per heavy atom. The van der Waals surface area contributed by atoms with Crippen molar-refractivity contribution < 1.29 is 27.8 Å². The molecule has 0 fully saturated rings. The zero-order valence-corrected chi connectivity index (χ0v) is 16.1. The number of carbonyl (C=O) groups is 2. The van der Waals surface area contributed by atoms with Crippen molar-refractivity contribution in [2.75, 3.05) is 0 Å². The molecule has 2 heterocycles. The minimum absolute atomic E-state index is 0.0626. The molecule has 0 bridgehead atoms. The van der Waals surface area contributed by atoms with E-state index in [0.717, 1.165) is 0 Å². The van der Waals surface area contributed by atoms with E-state index in [4.69, 9.17) is 10.5 Å². The van der Waals surface area contributed by atoms with Gasteiger partial charge in [-0.05, 0) is 25.0 Å². The lowest BCUT2D eigenvalue weighted by Gasteiger charge is -2.28. The molecule has 0 spiro atoms. The molecule has 1 aliphatic heterocycles. The Kier molecular flexibility index (Phi) is 5.09. The molecule has 0 aromatic carbocycles. The average molecular weight is 405 g/mol. The van der Waals surface area contributed by atoms with Crippen molar-refractivity contribution >= 4 is 29.2 Å². The highest BCUT2D eigenvalue weighted by Gasteiger charge is 2.43. The van der Waals surface area contributed by atoms with Gasteiger partial charge in [0.15, 0.2) is 22.2 Å². The number of primary amides is 1. The first-order chi connectivity index (χ1) is 13.1. The van der Waals surface area contributed by atoms with Crippen LogP contribution in [0.25, 0.3) is 0 Å². The molecule has 3 rings (SSSR count). The number of fused-ring (bicyclic) bond motifs is 2. The first-order valence-corrected chi connectivity index (χ1v) is 9.49. The fourth-order valence-electron chi connectivity index (χ4n) is 3.48. The number of ether oxygens (including phenoxy) is 1. The molecular weight excluding hydrogens is 386 g/mol. The second-order valence-corrected chi connectivity index (χ2v) is 7.61. The molecule has 1 aromatic heterocycles. The number of aromatic nitrogens is 1. The van der Waals surface area contributed by atoms with E-state index < -0.39 is 34.2 Å². The van der Waals surface area contributed by atoms with Crippen LogP contribution in [-0.2, 0) is 20.7 Å². The summed E-state index contributed by atoms with van der Waals surface area (Å²) in [5.41, 5.74) is 6.92. The second-order valence-electron chi connectivity index (χ2n) is 6.58. The van der Waals surface area contributed by atoms with E-state index >= 15 is 0 Å². The molecule has 9 nitrogen and oxygen atoms in total. The molecule has 0 radical (unpaired) electrons. The van der Waals surface area contributed by atoms with Gasteiger partial charge in [-0.25, -0.2) is 4.21 Å². The molecule has 148 valence electrons. The molecule has 1 amide bonds. The molecule has 1 aliphatic carbocycles. The normalized spacial score (nSPS) is 21.9. The van der Waals surface area contributed by atoms with Crippen LogP contribution in [0.15, 0.2) is 41.6 Å². The van der Waals surface area contributed by atoms with Gasteiger partial charge in [0.25, 0.3) is 0 Å². The summed E-state index contributed by atoms with van der Waals surface area (Å²) in [7, 11) is 0. The molecule has 0 saturated heterocycles. The number of aryl methyl sites for hydroxylation is 1. The number of nitrogens with two attached hydrogens (primary N) is 1. The van der Waals surface area contributed by atoms with Crippen LogP contribution in [0.3, 0.4) is 0 Å². The maximum Gasteiger partial charge on any atom is 0.309 e. The average Bonchev–Trinajstić information content (AvgIpc) is 2.82. The lowest BCUT2D eigenvalue weighted by atomic mass is 9.87. The SMILES string of the molecule is C=C(C(N)=O)C1=CC=C2C(C1)C(S(=O)O)n1c(cc(C)c1OC(C)=O)C=[N+]2[O-]. The molecular formula is C18H19N3O6S. The Morgan fingerprint density at radius 3 is 2.71 bits per heavy atom. The molecule has 0 saturated carbocycles. The van der Waals surface area contributed by atoms with Gasteiger partial charge in [-0.3, -0.25) is 14.2 Å². The number of rotatable bonds is 4. The predicted molar refractivity (Wildman–Crippen MR) is 102 cm³/mol. The zero-order chi connectivity index (χ0) is 20.7. The van der Waals surface area contributed by atoms with Gasteiger partial charge in [0.1, 0.15) is 5.69 Å². The lowest BCUT2D eigenvalue weighted by Crippen LogP contribution is -2.29. The quantitative estimate of drug-likeness (QED) is 0.254. The fourth-order valence-corrected chi connectivity index (χ4v) is 4.39. The van der Waals surface area contributed by atoms with Gasteiger partial charge in [-0.2, -0.15) is 4.74 Å². The van der Waals surface area contributed by atoms with Gasteiger partial charge in [0.05, 0.1) is 5.92 Å². The van der Waals surface area contributed by atoms with Crippen LogP contribution in [0, 0.1) is 18.0 Å². The van der Waals surface area contributed by atoms with Crippen molar-refractivity contribution in [3.05, 3.63) is 58.1 Å². The Morgan fingerprint density at radius 1 is 1.46 bits per heavy atom. The highest BCUT2D eigenvalue weighted by molar-refractivity contribution is 7.79. The third-order valence-electron chi connectivity index (χ3n) is 4.71. The summed E-state index contributed by atoms with van der Waals surface area (Å²) in [6.07, 6.45) is 4.38. The third kappa shape index (κ3) is 3.32. The number of esters is 1. The van der Waals surface area contributed by atoms with Crippen LogP contribution in [0.2, 0.25) is 0 Å². The van der Waals surface area contributed by atoms with Crippen molar-refractivity contribution in [1.82, 2.24) is 4.57 Å². The molecule has 1 aromatic rings. The maximum absolute atomic E-state index is 12.7. The topological polar surface area (TPSA) is 138 Å². The number of hydroxylamine groups is 1. The predicted octanol–water partition coefficient (Wildman–Crippen LogP) is 1.26. The number of amides is 1. The largest absolute Gasteiger partial charge is 0.618 e. The maximum atomic E-state index is 12.7. The van der Waals surface area contributed by atoms with Gasteiger partial charge >= 0.3 is 5.97 Å². The Hall–Kier alpha value is -2.98. The zero-order valence-electron chi connectivity index (χ0n) is 15.2. The van der Waals surface area contributed by atoms with Crippen LogP contribution in [0.5, 0.6) is 5.88 Å². The number of allylic oxidation sites excluding steroid dienone is 3. The van der Waals surface area contributed by atoms with Crippen LogP contribution in [0.4, 0.5) is 0 Å². The van der Waals surface area contributed by atoms with Gasteiger partial charge < -0.3 is 20.2 Å². The molecule has 3 atom stereocenters. The molecule has 3 unspecified atom stereocenters. The van der Waals surface area contributed by atoms with E-state index in [-0.39, 0.29) is 23.6 Å². The first-order valence-electron chi connectivity index (χ1n) is 8.32. The summed E-state index contributed by atoms with van der Waals surface area (Å²) in [5, 5.41) is 11.5. The van der Waals surface area contributed by atoms with E-state index in [0.29, 0.717) is 21.6 Å². The van der Waals surface area contributed by atoms with E-state index in [1.165, 1.54) is 23.8 Å². The number of hydrogen-bond donors (Lipinski definition) is 2. The molecule has 2 aliphatic rings. The highest BCUT2D eigenvalue weighted by atomic mass is 32.2. The highest BCUT2D eigenvalue weighted by Crippen LogP contribution is 2.43. The number of carbonyl (C=O) groups excluding carboxylic acids is 2. The van der Waals surface area contributed by atoms with Gasteiger partial charge in [-0.15, -0.1) is 0 Å². The minimum atomic E-state index is -2.44. The standard InChI is InChI=1S/C18H19N3O6S/c1-9-6-13-8-20(24)15-5-4-12(10(2)16(19)23)7-14(15)18(28(25)26)21(13)17(9)27-11(3)22/h4-6,8,14,18H,2,7H2,1,3H3,(H2,19,23)(H,25,26). The first kappa shape index (κ1) is 19.8. The summed E-state index contributed by atoms with van der Waals surface area (Å²) in [6, 6.07) is 1.59. The second kappa shape index (κ2) is 7.21. The summed E-state index contributed by atoms with van der Waals surface area (Å²) in [6.45, 7) is 6.53. The fraction of sp³-hybridized carbons (Fsp3) is 0.278. The molecule has 10 heteroatoms. The van der Waals surface area contributed by atoms with Crippen molar-refractivity contribution in [2.45, 2.75) is 25.6 Å². The summed E-state index contributed by atoms with van der Waals surface area (Å²) >= 11 is -2.44. The third-order valence-corrected chi connectivity index (χ3v) is 5.66. The van der Waals surface area contributed by atoms with Crippen molar-refractivity contribution in [2.24, 2.45) is 11.7 Å². The van der Waals surface area contributed by atoms with Crippen molar-refractivity contribution in [3.8, 4) is 5.88 Å². The van der Waals surface area contributed by atoms with Crippen LogP contribution in [-0.4, -0.2) is 36.2 Å². The summed E-state index contributed by atoms with van der Waals surface area (Å²) in [5.74, 6) is -2.01. The number of hydrogen-bond acceptors (Lipinski definition) is 5.